The van der Waals surface area contributed by atoms with E-state index in [0.717, 1.165) is 32.1 Å². The molecular weight excluding hydrogens is 208 g/mol. The summed E-state index contributed by atoms with van der Waals surface area (Å²) in [5, 5.41) is 0. The molecule has 0 aliphatic rings. The molecule has 0 aromatic carbocycles. The first kappa shape index (κ1) is 14.6. The van der Waals surface area contributed by atoms with E-state index in [-0.39, 0.29) is 5.97 Å². The van der Waals surface area contributed by atoms with E-state index < -0.39 is 0 Å². The zero-order valence-electron chi connectivity index (χ0n) is 10.3. The van der Waals surface area contributed by atoms with Crippen molar-refractivity contribution in [2.24, 2.45) is 0 Å². The molecule has 0 N–H and O–H groups in total. The van der Waals surface area contributed by atoms with Crippen molar-refractivity contribution in [1.29, 1.82) is 0 Å². The molecule has 0 amide bonds. The van der Waals surface area contributed by atoms with Gasteiger partial charge >= 0.3 is 0 Å². The minimum atomic E-state index is -0.0900. The average Bonchev–Trinajstić information content (AvgIpc) is 2.24. The van der Waals surface area contributed by atoms with Crippen molar-refractivity contribution >= 4 is 16.5 Å². The molecule has 0 saturated carbocycles. The maximum atomic E-state index is 10.9. The number of hydrogen-bond acceptors (Lipinski definition) is 3. The summed E-state index contributed by atoms with van der Waals surface area (Å²) in [6.07, 6.45) is 6.23. The number of rotatable bonds is 9. The minimum absolute atomic E-state index is 0.0900. The number of ether oxygens (including phenoxy) is 1. The first-order chi connectivity index (χ1) is 7.24. The van der Waals surface area contributed by atoms with Crippen molar-refractivity contribution in [2.75, 3.05) is 6.61 Å². The molecule has 0 heterocycles. The summed E-state index contributed by atoms with van der Waals surface area (Å²) < 4.78 is 10.4. The van der Waals surface area contributed by atoms with E-state index in [9.17, 15) is 4.79 Å². The number of hydrogen-bond donors (Lipinski definition) is 0. The fraction of sp³-hybridized carbons (Fsp3) is 0.909. The van der Waals surface area contributed by atoms with Crippen LogP contribution in [0, 0.1) is 0 Å². The molecule has 4 heteroatoms. The van der Waals surface area contributed by atoms with Gasteiger partial charge in [-0.05, 0) is 19.3 Å². The Labute approximate surface area is 96.1 Å². The van der Waals surface area contributed by atoms with Gasteiger partial charge in [-0.2, -0.15) is 0 Å². The molecule has 90 valence electrons. The fourth-order valence-electron chi connectivity index (χ4n) is 1.52. The van der Waals surface area contributed by atoms with Crippen molar-refractivity contribution in [3.8, 4) is 0 Å². The molecular formula is C11H24O3Si. The Balaban J connectivity index is 3.48. The standard InChI is InChI=1S/C11H24O3Si/c1-3-6-10(7-4-2)13-9-5-8-11(12)14-15/h10H,3-9H2,1-2,15H3. The molecule has 0 atom stereocenters. The summed E-state index contributed by atoms with van der Waals surface area (Å²) in [7, 11) is 0.500. The van der Waals surface area contributed by atoms with Crippen molar-refractivity contribution < 1.29 is 14.0 Å². The van der Waals surface area contributed by atoms with E-state index in [0.29, 0.717) is 29.6 Å². The molecule has 0 bridgehead atoms. The smallest absolute Gasteiger partial charge is 0.291 e. The summed E-state index contributed by atoms with van der Waals surface area (Å²) in [6.45, 7) is 5.03. The quantitative estimate of drug-likeness (QED) is 0.447. The second kappa shape index (κ2) is 10.2. The van der Waals surface area contributed by atoms with Crippen molar-refractivity contribution in [3.05, 3.63) is 0 Å². The van der Waals surface area contributed by atoms with Gasteiger partial charge in [0.1, 0.15) is 0 Å². The van der Waals surface area contributed by atoms with E-state index in [4.69, 9.17) is 9.16 Å². The Morgan fingerprint density at radius 3 is 2.33 bits per heavy atom. The van der Waals surface area contributed by atoms with Crippen LogP contribution in [0.25, 0.3) is 0 Å². The van der Waals surface area contributed by atoms with E-state index in [2.05, 4.69) is 13.8 Å². The third-order valence-electron chi connectivity index (χ3n) is 2.33. The molecule has 0 unspecified atom stereocenters. The van der Waals surface area contributed by atoms with Crippen molar-refractivity contribution in [1.82, 2.24) is 0 Å². The van der Waals surface area contributed by atoms with Gasteiger partial charge in [0, 0.05) is 13.0 Å². The summed E-state index contributed by atoms with van der Waals surface area (Å²) in [5.74, 6) is -0.0900. The van der Waals surface area contributed by atoms with Gasteiger partial charge in [0.2, 0.25) is 10.5 Å². The lowest BCUT2D eigenvalue weighted by Crippen LogP contribution is -2.14. The molecule has 0 radical (unpaired) electrons. The Bertz CT molecular complexity index is 156. The first-order valence-corrected chi connectivity index (χ1v) is 6.74. The van der Waals surface area contributed by atoms with Crippen molar-refractivity contribution in [2.45, 2.75) is 58.5 Å². The normalized spacial score (nSPS) is 10.9. The van der Waals surface area contributed by atoms with Gasteiger partial charge in [-0.3, -0.25) is 4.79 Å². The van der Waals surface area contributed by atoms with Gasteiger partial charge in [-0.1, -0.05) is 26.7 Å². The zero-order valence-corrected chi connectivity index (χ0v) is 12.3. The Morgan fingerprint density at radius 2 is 1.87 bits per heavy atom. The second-order valence-corrected chi connectivity index (χ2v) is 4.16. The molecule has 0 aliphatic heterocycles. The van der Waals surface area contributed by atoms with Gasteiger partial charge in [-0.15, -0.1) is 0 Å². The SMILES string of the molecule is CCCC(CCC)OCCCC(=O)O[SiH3]. The lowest BCUT2D eigenvalue weighted by atomic mass is 10.1. The maximum absolute atomic E-state index is 10.9. The Kier molecular flexibility index (Phi) is 9.93. The monoisotopic (exact) mass is 232 g/mol. The third kappa shape index (κ3) is 8.63. The van der Waals surface area contributed by atoms with Crippen LogP contribution in [-0.2, 0) is 14.0 Å². The summed E-state index contributed by atoms with van der Waals surface area (Å²) in [5.41, 5.74) is 0. The summed E-state index contributed by atoms with van der Waals surface area (Å²) >= 11 is 0. The lowest BCUT2D eigenvalue weighted by Gasteiger charge is -2.16. The number of carbonyl (C=O) groups is 1. The largest absolute Gasteiger partial charge is 0.529 e. The highest BCUT2D eigenvalue weighted by molar-refractivity contribution is 6.05. The molecule has 0 rings (SSSR count). The predicted octanol–water partition coefficient (Wildman–Crippen LogP) is 1.58. The molecule has 0 saturated heterocycles. The Morgan fingerprint density at radius 1 is 1.27 bits per heavy atom. The number of carbonyl (C=O) groups excluding carboxylic acids is 1. The van der Waals surface area contributed by atoms with Crippen LogP contribution in [0.15, 0.2) is 0 Å². The first-order valence-electron chi connectivity index (χ1n) is 5.93. The molecule has 15 heavy (non-hydrogen) atoms. The third-order valence-corrected chi connectivity index (χ3v) is 2.78. The van der Waals surface area contributed by atoms with Crippen LogP contribution in [-0.4, -0.2) is 29.2 Å². The van der Waals surface area contributed by atoms with Gasteiger partial charge in [0.05, 0.1) is 6.10 Å². The van der Waals surface area contributed by atoms with E-state index >= 15 is 0 Å². The molecule has 0 aromatic heterocycles. The minimum Gasteiger partial charge on any atom is -0.529 e. The predicted molar refractivity (Wildman–Crippen MR) is 64.8 cm³/mol. The summed E-state index contributed by atoms with van der Waals surface area (Å²) in [4.78, 5) is 10.9. The molecule has 0 spiro atoms. The maximum Gasteiger partial charge on any atom is 0.291 e. The zero-order chi connectivity index (χ0) is 11.5. The van der Waals surface area contributed by atoms with E-state index in [1.54, 1.807) is 0 Å². The van der Waals surface area contributed by atoms with E-state index in [1.807, 2.05) is 0 Å². The van der Waals surface area contributed by atoms with Crippen LogP contribution >= 0.6 is 0 Å². The van der Waals surface area contributed by atoms with Crippen LogP contribution < -0.4 is 0 Å². The van der Waals surface area contributed by atoms with Crippen LogP contribution in [0.2, 0.25) is 0 Å². The Hall–Kier alpha value is -0.353. The molecule has 0 aromatic rings. The van der Waals surface area contributed by atoms with Gasteiger partial charge in [-0.25, -0.2) is 0 Å². The van der Waals surface area contributed by atoms with Crippen LogP contribution in [0.1, 0.15) is 52.4 Å². The topological polar surface area (TPSA) is 35.5 Å². The van der Waals surface area contributed by atoms with Crippen LogP contribution in [0.3, 0.4) is 0 Å². The second-order valence-electron chi connectivity index (χ2n) is 3.75. The highest BCUT2D eigenvalue weighted by atomic mass is 28.2. The lowest BCUT2D eigenvalue weighted by molar-refractivity contribution is -0.134. The molecule has 0 aliphatic carbocycles. The fourth-order valence-corrected chi connectivity index (χ4v) is 1.73. The summed E-state index contributed by atoms with van der Waals surface area (Å²) in [6, 6.07) is 0. The molecule has 3 nitrogen and oxygen atoms in total. The average molecular weight is 232 g/mol. The van der Waals surface area contributed by atoms with E-state index in [1.165, 1.54) is 0 Å². The molecule has 0 fully saturated rings. The van der Waals surface area contributed by atoms with Gasteiger partial charge in [0.25, 0.3) is 5.97 Å². The van der Waals surface area contributed by atoms with Gasteiger partial charge < -0.3 is 9.16 Å². The van der Waals surface area contributed by atoms with Crippen LogP contribution in [0.5, 0.6) is 0 Å². The highest BCUT2D eigenvalue weighted by Crippen LogP contribution is 2.10. The van der Waals surface area contributed by atoms with Gasteiger partial charge in [0.15, 0.2) is 0 Å². The highest BCUT2D eigenvalue weighted by Gasteiger charge is 2.07. The van der Waals surface area contributed by atoms with Crippen molar-refractivity contribution in [3.63, 3.8) is 0 Å². The van der Waals surface area contributed by atoms with Crippen LogP contribution in [0.4, 0.5) is 0 Å².